The maximum Gasteiger partial charge on any atom is 0.323 e. The van der Waals surface area contributed by atoms with E-state index in [0.717, 1.165) is 11.3 Å². The van der Waals surface area contributed by atoms with E-state index in [2.05, 4.69) is 10.6 Å². The zero-order chi connectivity index (χ0) is 15.1. The Hall–Kier alpha value is -2.46. The summed E-state index contributed by atoms with van der Waals surface area (Å²) in [5, 5.41) is 5.98. The van der Waals surface area contributed by atoms with Gasteiger partial charge in [0.2, 0.25) is 0 Å². The van der Waals surface area contributed by atoms with Gasteiger partial charge in [-0.15, -0.1) is 0 Å². The second-order valence-electron chi connectivity index (χ2n) is 4.22. The predicted molar refractivity (Wildman–Crippen MR) is 85.6 cm³/mol. The number of hydrogen-bond acceptors (Lipinski definition) is 2. The van der Waals surface area contributed by atoms with Crippen LogP contribution in [0.4, 0.5) is 10.5 Å². The molecule has 0 saturated heterocycles. The van der Waals surface area contributed by atoms with Gasteiger partial charge in [0.15, 0.2) is 0 Å². The summed E-state index contributed by atoms with van der Waals surface area (Å²) in [6, 6.07) is 14.1. The molecule has 4 nitrogen and oxygen atoms in total. The molecule has 0 heterocycles. The predicted octanol–water partition coefficient (Wildman–Crippen LogP) is 4.14. The van der Waals surface area contributed by atoms with E-state index in [9.17, 15) is 4.79 Å². The lowest BCUT2D eigenvalue weighted by atomic mass is 10.2. The molecule has 5 heteroatoms. The third kappa shape index (κ3) is 4.85. The first-order chi connectivity index (χ1) is 10.2. The lowest BCUT2D eigenvalue weighted by Crippen LogP contribution is -2.23. The Morgan fingerprint density at radius 1 is 1.19 bits per heavy atom. The van der Waals surface area contributed by atoms with Gasteiger partial charge in [0, 0.05) is 16.9 Å². The summed E-state index contributed by atoms with van der Waals surface area (Å²) in [5.74, 6) is 0.738. The molecule has 0 unspecified atom stereocenters. The number of carbonyl (C=O) groups is 1. The largest absolute Gasteiger partial charge is 0.497 e. The van der Waals surface area contributed by atoms with E-state index in [1.54, 1.807) is 55.8 Å². The Morgan fingerprint density at radius 3 is 2.62 bits per heavy atom. The molecule has 2 aromatic carbocycles. The van der Waals surface area contributed by atoms with Gasteiger partial charge in [0.1, 0.15) is 5.75 Å². The highest BCUT2D eigenvalue weighted by Gasteiger charge is 1.99. The smallest absolute Gasteiger partial charge is 0.323 e. The molecule has 0 aliphatic carbocycles. The first kappa shape index (κ1) is 14.9. The van der Waals surface area contributed by atoms with Crippen LogP contribution < -0.4 is 15.4 Å². The van der Waals surface area contributed by atoms with Gasteiger partial charge in [-0.25, -0.2) is 4.79 Å². The molecule has 2 rings (SSSR count). The number of anilines is 1. The molecule has 0 saturated carbocycles. The van der Waals surface area contributed by atoms with Crippen LogP contribution in [0.25, 0.3) is 6.08 Å². The molecule has 2 amide bonds. The van der Waals surface area contributed by atoms with Crippen molar-refractivity contribution < 1.29 is 9.53 Å². The minimum absolute atomic E-state index is 0.321. The molecule has 21 heavy (non-hydrogen) atoms. The van der Waals surface area contributed by atoms with Crippen LogP contribution in [0.15, 0.2) is 54.7 Å². The van der Waals surface area contributed by atoms with E-state index in [1.165, 1.54) is 0 Å². The third-order valence-electron chi connectivity index (χ3n) is 2.69. The van der Waals surface area contributed by atoms with Crippen LogP contribution in [-0.4, -0.2) is 13.1 Å². The zero-order valence-corrected chi connectivity index (χ0v) is 12.2. The normalized spacial score (nSPS) is 10.4. The number of benzene rings is 2. The Kier molecular flexibility index (Phi) is 5.23. The molecule has 2 N–H and O–H groups in total. The molecule has 0 aliphatic heterocycles. The number of methoxy groups -OCH3 is 1. The fourth-order valence-corrected chi connectivity index (χ4v) is 1.86. The highest BCUT2D eigenvalue weighted by molar-refractivity contribution is 6.30. The quantitative estimate of drug-likeness (QED) is 0.891. The summed E-state index contributed by atoms with van der Waals surface area (Å²) in [7, 11) is 1.59. The van der Waals surface area contributed by atoms with Crippen LogP contribution in [0.3, 0.4) is 0 Å². The van der Waals surface area contributed by atoms with Crippen molar-refractivity contribution >= 4 is 29.4 Å². The van der Waals surface area contributed by atoms with E-state index in [4.69, 9.17) is 16.3 Å². The summed E-state index contributed by atoms with van der Waals surface area (Å²) in [6.07, 6.45) is 3.32. The molecule has 0 aliphatic rings. The van der Waals surface area contributed by atoms with Crippen molar-refractivity contribution in [1.82, 2.24) is 5.32 Å². The molecule has 0 spiro atoms. The van der Waals surface area contributed by atoms with E-state index in [1.807, 2.05) is 12.1 Å². The maximum absolute atomic E-state index is 11.7. The average molecular weight is 303 g/mol. The van der Waals surface area contributed by atoms with E-state index in [-0.39, 0.29) is 6.03 Å². The minimum atomic E-state index is -0.321. The molecule has 0 atom stereocenters. The molecule has 2 aromatic rings. The van der Waals surface area contributed by atoms with Gasteiger partial charge in [-0.3, -0.25) is 0 Å². The number of urea groups is 1. The number of halogens is 1. The van der Waals surface area contributed by atoms with Gasteiger partial charge in [0.05, 0.1) is 7.11 Å². The number of carbonyl (C=O) groups excluding carboxylic acids is 1. The van der Waals surface area contributed by atoms with E-state index >= 15 is 0 Å². The standard InChI is InChI=1S/C16H15ClN2O2/c1-21-15-7-5-14(6-8-15)19-16(20)18-10-9-12-3-2-4-13(17)11-12/h2-11H,1H3,(H2,18,19,20)/b10-9+. The van der Waals surface area contributed by atoms with Gasteiger partial charge in [0.25, 0.3) is 0 Å². The Morgan fingerprint density at radius 2 is 1.95 bits per heavy atom. The van der Waals surface area contributed by atoms with Crippen molar-refractivity contribution in [3.05, 3.63) is 65.3 Å². The zero-order valence-electron chi connectivity index (χ0n) is 11.5. The molecule has 0 fully saturated rings. The van der Waals surface area contributed by atoms with Crippen molar-refractivity contribution in [2.24, 2.45) is 0 Å². The van der Waals surface area contributed by atoms with E-state index in [0.29, 0.717) is 10.7 Å². The number of rotatable bonds is 4. The SMILES string of the molecule is COc1ccc(NC(=O)N/C=C/c2cccc(Cl)c2)cc1. The highest BCUT2D eigenvalue weighted by Crippen LogP contribution is 2.15. The van der Waals surface area contributed by atoms with Gasteiger partial charge < -0.3 is 15.4 Å². The van der Waals surface area contributed by atoms with Crippen molar-refractivity contribution in [3.63, 3.8) is 0 Å². The van der Waals surface area contributed by atoms with Crippen molar-refractivity contribution in [2.45, 2.75) is 0 Å². The Balaban J connectivity index is 1.86. The second-order valence-corrected chi connectivity index (χ2v) is 4.65. The first-order valence-electron chi connectivity index (χ1n) is 6.31. The fraction of sp³-hybridized carbons (Fsp3) is 0.0625. The minimum Gasteiger partial charge on any atom is -0.497 e. The van der Waals surface area contributed by atoms with E-state index < -0.39 is 0 Å². The molecule has 108 valence electrons. The van der Waals surface area contributed by atoms with Gasteiger partial charge >= 0.3 is 6.03 Å². The summed E-state index contributed by atoms with van der Waals surface area (Å²) in [4.78, 5) is 11.7. The fourth-order valence-electron chi connectivity index (χ4n) is 1.67. The average Bonchev–Trinajstić information content (AvgIpc) is 2.48. The monoisotopic (exact) mass is 302 g/mol. The second kappa shape index (κ2) is 7.36. The lowest BCUT2D eigenvalue weighted by Gasteiger charge is -2.05. The highest BCUT2D eigenvalue weighted by atomic mass is 35.5. The van der Waals surface area contributed by atoms with Crippen LogP contribution in [0.5, 0.6) is 5.75 Å². The molecular weight excluding hydrogens is 288 g/mol. The van der Waals surface area contributed by atoms with Crippen LogP contribution in [0.2, 0.25) is 5.02 Å². The molecule has 0 bridgehead atoms. The summed E-state index contributed by atoms with van der Waals surface area (Å²) >= 11 is 5.87. The molecular formula is C16H15ClN2O2. The Bertz CT molecular complexity index is 639. The van der Waals surface area contributed by atoms with Gasteiger partial charge in [-0.05, 0) is 48.0 Å². The number of amides is 2. The van der Waals surface area contributed by atoms with Crippen LogP contribution in [-0.2, 0) is 0 Å². The molecule has 0 aromatic heterocycles. The summed E-state index contributed by atoms with van der Waals surface area (Å²) in [6.45, 7) is 0. The number of hydrogen-bond donors (Lipinski definition) is 2. The van der Waals surface area contributed by atoms with Crippen molar-refractivity contribution in [3.8, 4) is 5.75 Å². The maximum atomic E-state index is 11.7. The van der Waals surface area contributed by atoms with Crippen molar-refractivity contribution in [1.29, 1.82) is 0 Å². The Labute approximate surface area is 128 Å². The number of nitrogens with one attached hydrogen (secondary N) is 2. The van der Waals surface area contributed by atoms with Crippen LogP contribution in [0, 0.1) is 0 Å². The van der Waals surface area contributed by atoms with Crippen molar-refractivity contribution in [2.75, 3.05) is 12.4 Å². The molecule has 0 radical (unpaired) electrons. The lowest BCUT2D eigenvalue weighted by molar-refractivity contribution is 0.255. The van der Waals surface area contributed by atoms with Crippen LogP contribution in [0.1, 0.15) is 5.56 Å². The first-order valence-corrected chi connectivity index (χ1v) is 6.69. The third-order valence-corrected chi connectivity index (χ3v) is 2.92. The van der Waals surface area contributed by atoms with Gasteiger partial charge in [-0.2, -0.15) is 0 Å². The van der Waals surface area contributed by atoms with Gasteiger partial charge in [-0.1, -0.05) is 23.7 Å². The number of ether oxygens (including phenoxy) is 1. The summed E-state index contributed by atoms with van der Waals surface area (Å²) < 4.78 is 5.05. The summed E-state index contributed by atoms with van der Waals surface area (Å²) in [5.41, 5.74) is 1.59. The topological polar surface area (TPSA) is 50.4 Å². The van der Waals surface area contributed by atoms with Crippen LogP contribution >= 0.6 is 11.6 Å².